The van der Waals surface area contributed by atoms with Crippen LogP contribution in [0, 0.1) is 0 Å². The maximum atomic E-state index is 12.1. The molecule has 0 heterocycles. The van der Waals surface area contributed by atoms with Gasteiger partial charge in [0.15, 0.2) is 0 Å². The lowest BCUT2D eigenvalue weighted by Crippen LogP contribution is -2.41. The number of methoxy groups -OCH3 is 1. The number of rotatable bonds is 3. The number of hydrogen-bond acceptors (Lipinski definition) is 3. The molecule has 0 bridgehead atoms. The topological polar surface area (TPSA) is 67.4 Å². The molecule has 2 N–H and O–H groups in total. The molecule has 114 valence electrons. The number of nitrogens with one attached hydrogen (secondary N) is 2. The first-order valence-electron chi connectivity index (χ1n) is 6.21. The SMILES string of the molecule is COc1cc(Cl)ccc1C(=O)NNC(=O)c1ccc(Br)cc1. The molecule has 0 spiro atoms. The van der Waals surface area contributed by atoms with Gasteiger partial charge in [0.1, 0.15) is 5.75 Å². The number of carbonyl (C=O) groups is 2. The van der Waals surface area contributed by atoms with E-state index in [0.717, 1.165) is 4.47 Å². The molecule has 7 heteroatoms. The van der Waals surface area contributed by atoms with Crippen molar-refractivity contribution < 1.29 is 14.3 Å². The highest BCUT2D eigenvalue weighted by Gasteiger charge is 2.14. The largest absolute Gasteiger partial charge is 0.496 e. The Morgan fingerprint density at radius 2 is 1.68 bits per heavy atom. The molecule has 0 aliphatic rings. The van der Waals surface area contributed by atoms with Gasteiger partial charge in [0.2, 0.25) is 0 Å². The lowest BCUT2D eigenvalue weighted by atomic mass is 10.2. The van der Waals surface area contributed by atoms with E-state index in [1.54, 1.807) is 30.3 Å². The highest BCUT2D eigenvalue weighted by Crippen LogP contribution is 2.22. The summed E-state index contributed by atoms with van der Waals surface area (Å²) in [5, 5.41) is 0.451. The first-order valence-corrected chi connectivity index (χ1v) is 7.38. The molecular formula is C15H12BrClN2O3. The molecule has 2 amide bonds. The van der Waals surface area contributed by atoms with Crippen LogP contribution >= 0.6 is 27.5 Å². The number of hydrogen-bond donors (Lipinski definition) is 2. The molecule has 2 aromatic carbocycles. The number of benzene rings is 2. The van der Waals surface area contributed by atoms with Gasteiger partial charge in [-0.1, -0.05) is 27.5 Å². The second-order valence-electron chi connectivity index (χ2n) is 4.26. The Morgan fingerprint density at radius 3 is 2.32 bits per heavy atom. The predicted molar refractivity (Wildman–Crippen MR) is 87.1 cm³/mol. The number of carbonyl (C=O) groups excluding carboxylic acids is 2. The highest BCUT2D eigenvalue weighted by atomic mass is 79.9. The van der Waals surface area contributed by atoms with Crippen molar-refractivity contribution in [2.75, 3.05) is 7.11 Å². The lowest BCUT2D eigenvalue weighted by molar-refractivity contribution is 0.0845. The predicted octanol–water partition coefficient (Wildman–Crippen LogP) is 3.19. The van der Waals surface area contributed by atoms with Gasteiger partial charge in [-0.15, -0.1) is 0 Å². The van der Waals surface area contributed by atoms with Crippen LogP contribution in [0.25, 0.3) is 0 Å². The third-order valence-corrected chi connectivity index (χ3v) is 3.57. The molecule has 0 atom stereocenters. The fourth-order valence-corrected chi connectivity index (χ4v) is 2.13. The van der Waals surface area contributed by atoms with Crippen molar-refractivity contribution in [1.82, 2.24) is 10.9 Å². The number of ether oxygens (including phenoxy) is 1. The quantitative estimate of drug-likeness (QED) is 0.800. The van der Waals surface area contributed by atoms with Crippen molar-refractivity contribution in [1.29, 1.82) is 0 Å². The Bertz CT molecular complexity index is 704. The highest BCUT2D eigenvalue weighted by molar-refractivity contribution is 9.10. The summed E-state index contributed by atoms with van der Waals surface area (Å²) >= 11 is 9.12. The zero-order chi connectivity index (χ0) is 16.1. The summed E-state index contributed by atoms with van der Waals surface area (Å²) in [6.07, 6.45) is 0. The van der Waals surface area contributed by atoms with Gasteiger partial charge in [0.05, 0.1) is 12.7 Å². The van der Waals surface area contributed by atoms with Crippen molar-refractivity contribution in [3.05, 3.63) is 63.1 Å². The minimum atomic E-state index is -0.501. The maximum Gasteiger partial charge on any atom is 0.273 e. The van der Waals surface area contributed by atoms with E-state index in [4.69, 9.17) is 16.3 Å². The summed E-state index contributed by atoms with van der Waals surface area (Å²) < 4.78 is 5.95. The van der Waals surface area contributed by atoms with Crippen molar-refractivity contribution in [3.8, 4) is 5.75 Å². The Balaban J connectivity index is 2.03. The average Bonchev–Trinajstić information content (AvgIpc) is 2.52. The van der Waals surface area contributed by atoms with Gasteiger partial charge < -0.3 is 4.74 Å². The third-order valence-electron chi connectivity index (χ3n) is 2.80. The van der Waals surface area contributed by atoms with Gasteiger partial charge in [0, 0.05) is 15.1 Å². The molecule has 0 fully saturated rings. The fraction of sp³-hybridized carbons (Fsp3) is 0.0667. The van der Waals surface area contributed by atoms with Crippen LogP contribution in [0.15, 0.2) is 46.9 Å². The summed E-state index contributed by atoms with van der Waals surface area (Å²) in [7, 11) is 1.43. The van der Waals surface area contributed by atoms with Crippen LogP contribution in [-0.2, 0) is 0 Å². The third kappa shape index (κ3) is 3.99. The Labute approximate surface area is 140 Å². The van der Waals surface area contributed by atoms with Gasteiger partial charge in [-0.05, 0) is 42.5 Å². The van der Waals surface area contributed by atoms with Crippen molar-refractivity contribution in [3.63, 3.8) is 0 Å². The van der Waals surface area contributed by atoms with Crippen LogP contribution in [0.1, 0.15) is 20.7 Å². The molecule has 0 unspecified atom stereocenters. The maximum absolute atomic E-state index is 12.1. The van der Waals surface area contributed by atoms with Crippen LogP contribution in [-0.4, -0.2) is 18.9 Å². The molecule has 0 aliphatic heterocycles. The fourth-order valence-electron chi connectivity index (χ4n) is 1.71. The molecule has 0 radical (unpaired) electrons. The first kappa shape index (κ1) is 16.3. The molecule has 2 aromatic rings. The lowest BCUT2D eigenvalue weighted by Gasteiger charge is -2.10. The second kappa shape index (κ2) is 7.29. The molecule has 2 rings (SSSR count). The zero-order valence-corrected chi connectivity index (χ0v) is 13.9. The number of halogens is 2. The number of amides is 2. The monoisotopic (exact) mass is 382 g/mol. The summed E-state index contributed by atoms with van der Waals surface area (Å²) in [5.41, 5.74) is 5.36. The van der Waals surface area contributed by atoms with Crippen molar-refractivity contribution in [2.45, 2.75) is 0 Å². The van der Waals surface area contributed by atoms with E-state index in [-0.39, 0.29) is 5.56 Å². The van der Waals surface area contributed by atoms with Crippen molar-refractivity contribution >= 4 is 39.3 Å². The van der Waals surface area contributed by atoms with E-state index in [1.807, 2.05) is 0 Å². The van der Waals surface area contributed by atoms with Crippen LogP contribution in [0.3, 0.4) is 0 Å². The van der Waals surface area contributed by atoms with Gasteiger partial charge in [-0.3, -0.25) is 20.4 Å². The molecule has 0 aromatic heterocycles. The van der Waals surface area contributed by atoms with Crippen molar-refractivity contribution in [2.24, 2.45) is 0 Å². The summed E-state index contributed by atoms with van der Waals surface area (Å²) in [6, 6.07) is 11.3. The molecule has 0 saturated heterocycles. The van der Waals surface area contributed by atoms with Gasteiger partial charge in [-0.2, -0.15) is 0 Å². The standard InChI is InChI=1S/C15H12BrClN2O3/c1-22-13-8-11(17)6-7-12(13)15(21)19-18-14(20)9-2-4-10(16)5-3-9/h2-8H,1H3,(H,18,20)(H,19,21). The molecule has 5 nitrogen and oxygen atoms in total. The normalized spacial score (nSPS) is 9.95. The minimum Gasteiger partial charge on any atom is -0.496 e. The summed E-state index contributed by atoms with van der Waals surface area (Å²) in [5.74, 6) is -0.601. The zero-order valence-electron chi connectivity index (χ0n) is 11.5. The van der Waals surface area contributed by atoms with E-state index < -0.39 is 11.8 Å². The van der Waals surface area contributed by atoms with E-state index >= 15 is 0 Å². The molecule has 0 saturated carbocycles. The van der Waals surface area contributed by atoms with E-state index in [1.165, 1.54) is 19.2 Å². The Morgan fingerprint density at radius 1 is 1.05 bits per heavy atom. The average molecular weight is 384 g/mol. The number of hydrazine groups is 1. The molecular weight excluding hydrogens is 372 g/mol. The van der Waals surface area contributed by atoms with Crippen LogP contribution in [0.2, 0.25) is 5.02 Å². The smallest absolute Gasteiger partial charge is 0.273 e. The Kier molecular flexibility index (Phi) is 5.41. The summed E-state index contributed by atoms with van der Waals surface area (Å²) in [6.45, 7) is 0. The van der Waals surface area contributed by atoms with E-state index in [2.05, 4.69) is 26.8 Å². The van der Waals surface area contributed by atoms with Gasteiger partial charge >= 0.3 is 0 Å². The summed E-state index contributed by atoms with van der Waals surface area (Å²) in [4.78, 5) is 24.0. The van der Waals surface area contributed by atoms with E-state index in [0.29, 0.717) is 16.3 Å². The Hall–Kier alpha value is -2.05. The van der Waals surface area contributed by atoms with E-state index in [9.17, 15) is 9.59 Å². The molecule has 22 heavy (non-hydrogen) atoms. The van der Waals surface area contributed by atoms with Crippen LogP contribution in [0.5, 0.6) is 5.75 Å². The van der Waals surface area contributed by atoms with Crippen LogP contribution in [0.4, 0.5) is 0 Å². The molecule has 0 aliphatic carbocycles. The van der Waals surface area contributed by atoms with Gasteiger partial charge in [-0.25, -0.2) is 0 Å². The minimum absolute atomic E-state index is 0.267. The van der Waals surface area contributed by atoms with Gasteiger partial charge in [0.25, 0.3) is 11.8 Å². The second-order valence-corrected chi connectivity index (χ2v) is 5.61. The van der Waals surface area contributed by atoms with Crippen LogP contribution < -0.4 is 15.6 Å². The first-order chi connectivity index (χ1) is 10.5.